The van der Waals surface area contributed by atoms with Gasteiger partial charge in [-0.3, -0.25) is 0 Å². The Labute approximate surface area is 145 Å². The number of fused-ring (bicyclic) bond motifs is 2. The zero-order valence-corrected chi connectivity index (χ0v) is 14.7. The van der Waals surface area contributed by atoms with Crippen molar-refractivity contribution < 1.29 is 13.9 Å². The molecule has 2 aromatic heterocycles. The van der Waals surface area contributed by atoms with Crippen molar-refractivity contribution in [3.05, 3.63) is 42.1 Å². The van der Waals surface area contributed by atoms with Crippen LogP contribution >= 0.6 is 11.6 Å². The van der Waals surface area contributed by atoms with Crippen LogP contribution in [0.5, 0.6) is 0 Å². The molecule has 2 aromatic rings. The zero-order valence-electron chi connectivity index (χ0n) is 13.9. The lowest BCUT2D eigenvalue weighted by Gasteiger charge is -2.28. The monoisotopic (exact) mass is 350 g/mol. The Morgan fingerprint density at radius 2 is 2.17 bits per heavy atom. The maximum atomic E-state index is 14.4. The van der Waals surface area contributed by atoms with Crippen molar-refractivity contribution in [3.8, 4) is 0 Å². The van der Waals surface area contributed by atoms with Gasteiger partial charge in [0.05, 0.1) is 23.9 Å². The number of hydrogen-bond donors (Lipinski definition) is 0. The molecule has 4 nitrogen and oxygen atoms in total. The molecular weight excluding hydrogens is 331 g/mol. The lowest BCUT2D eigenvalue weighted by Crippen LogP contribution is -2.31. The van der Waals surface area contributed by atoms with Crippen molar-refractivity contribution in [1.82, 2.24) is 9.55 Å². The fourth-order valence-electron chi connectivity index (χ4n) is 4.11. The summed E-state index contributed by atoms with van der Waals surface area (Å²) >= 11 is 6.13. The Kier molecular flexibility index (Phi) is 3.37. The third-order valence-corrected chi connectivity index (χ3v) is 5.59. The minimum Gasteiger partial charge on any atom is -0.344 e. The zero-order chi connectivity index (χ0) is 17.3. The number of nitrogens with zero attached hydrogens (tertiary/aromatic N) is 2. The first kappa shape index (κ1) is 16.1. The SMILES string of the molecule is C=C[C@@]1(C)C[C@@H](n2ccc3c(Cl)ncc(F)c32)[C@@H]2OC(C)(C)O[C@@H]21. The Hall–Kier alpha value is -1.43. The second-order valence-corrected chi connectivity index (χ2v) is 7.74. The molecule has 0 unspecified atom stereocenters. The number of pyridine rings is 1. The van der Waals surface area contributed by atoms with Gasteiger partial charge >= 0.3 is 0 Å². The van der Waals surface area contributed by atoms with Crippen LogP contribution in [0.3, 0.4) is 0 Å². The summed E-state index contributed by atoms with van der Waals surface area (Å²) in [4.78, 5) is 3.89. The summed E-state index contributed by atoms with van der Waals surface area (Å²) in [6.45, 7) is 9.90. The Morgan fingerprint density at radius 3 is 2.88 bits per heavy atom. The second kappa shape index (κ2) is 5.04. The molecule has 4 atom stereocenters. The average Bonchev–Trinajstić information content (AvgIpc) is 3.16. The number of ether oxygens (including phenoxy) is 2. The van der Waals surface area contributed by atoms with Crippen molar-refractivity contribution in [3.63, 3.8) is 0 Å². The summed E-state index contributed by atoms with van der Waals surface area (Å²) in [6, 6.07) is 1.73. The van der Waals surface area contributed by atoms with Crippen molar-refractivity contribution in [2.24, 2.45) is 5.41 Å². The van der Waals surface area contributed by atoms with E-state index < -0.39 is 5.79 Å². The maximum absolute atomic E-state index is 14.4. The van der Waals surface area contributed by atoms with Gasteiger partial charge in [-0.1, -0.05) is 24.6 Å². The largest absolute Gasteiger partial charge is 0.344 e. The van der Waals surface area contributed by atoms with Crippen LogP contribution in [0.2, 0.25) is 5.15 Å². The molecule has 4 rings (SSSR count). The van der Waals surface area contributed by atoms with E-state index in [-0.39, 0.29) is 29.5 Å². The molecule has 2 fully saturated rings. The topological polar surface area (TPSA) is 36.3 Å². The summed E-state index contributed by atoms with van der Waals surface area (Å²) in [6.07, 6.45) is 5.40. The highest BCUT2D eigenvalue weighted by molar-refractivity contribution is 6.34. The molecule has 6 heteroatoms. The molecule has 24 heavy (non-hydrogen) atoms. The number of halogens is 2. The third-order valence-electron chi connectivity index (χ3n) is 5.29. The van der Waals surface area contributed by atoms with E-state index in [1.165, 1.54) is 0 Å². The summed E-state index contributed by atoms with van der Waals surface area (Å²) in [5, 5.41) is 0.911. The highest BCUT2D eigenvalue weighted by atomic mass is 35.5. The van der Waals surface area contributed by atoms with E-state index >= 15 is 0 Å². The lowest BCUT2D eigenvalue weighted by molar-refractivity contribution is -0.164. The molecule has 0 N–H and O–H groups in total. The predicted molar refractivity (Wildman–Crippen MR) is 90.5 cm³/mol. The van der Waals surface area contributed by atoms with Crippen LogP contribution < -0.4 is 0 Å². The molecular formula is C18H20ClFN2O2. The fourth-order valence-corrected chi connectivity index (χ4v) is 4.31. The van der Waals surface area contributed by atoms with Gasteiger partial charge in [0.1, 0.15) is 11.3 Å². The highest BCUT2D eigenvalue weighted by Crippen LogP contribution is 2.54. The van der Waals surface area contributed by atoms with E-state index in [9.17, 15) is 4.39 Å². The van der Waals surface area contributed by atoms with E-state index in [1.54, 1.807) is 6.07 Å². The van der Waals surface area contributed by atoms with Crippen LogP contribution in [0.1, 0.15) is 33.2 Å². The smallest absolute Gasteiger partial charge is 0.165 e. The first-order valence-corrected chi connectivity index (χ1v) is 8.43. The van der Waals surface area contributed by atoms with Crippen LogP contribution in [0, 0.1) is 11.2 Å². The Bertz CT molecular complexity index is 834. The first-order chi connectivity index (χ1) is 11.3. The maximum Gasteiger partial charge on any atom is 0.165 e. The van der Waals surface area contributed by atoms with E-state index in [0.29, 0.717) is 16.1 Å². The second-order valence-electron chi connectivity index (χ2n) is 7.38. The fraction of sp³-hybridized carbons (Fsp3) is 0.500. The van der Waals surface area contributed by atoms with E-state index in [0.717, 1.165) is 12.6 Å². The molecule has 0 spiro atoms. The molecule has 0 bridgehead atoms. The molecule has 128 valence electrons. The van der Waals surface area contributed by atoms with Gasteiger partial charge in [-0.25, -0.2) is 9.37 Å². The molecule has 1 saturated carbocycles. The van der Waals surface area contributed by atoms with Gasteiger partial charge in [-0.05, 0) is 26.3 Å². The summed E-state index contributed by atoms with van der Waals surface area (Å²) in [5.74, 6) is -1.06. The van der Waals surface area contributed by atoms with Crippen molar-refractivity contribution in [2.75, 3.05) is 0 Å². The van der Waals surface area contributed by atoms with E-state index in [1.807, 2.05) is 30.7 Å². The minimum absolute atomic E-state index is 0.0646. The Balaban J connectivity index is 1.85. The highest BCUT2D eigenvalue weighted by Gasteiger charge is 2.59. The molecule has 3 heterocycles. The molecule has 0 radical (unpaired) electrons. The quantitative estimate of drug-likeness (QED) is 0.591. The van der Waals surface area contributed by atoms with Crippen molar-refractivity contribution in [2.45, 2.75) is 51.2 Å². The minimum atomic E-state index is -0.668. The standard InChI is InChI=1S/C18H20ClFN2O2/c1-5-18(4)8-12(14-15(18)24-17(2,3)23-14)22-7-6-10-13(22)11(20)9-21-16(10)19/h5-7,9,12,14-15H,1,8H2,2-4H3/t12-,14+,15+,18+/m1/s1. The van der Waals surface area contributed by atoms with Gasteiger partial charge in [0.2, 0.25) is 0 Å². The number of rotatable bonds is 2. The van der Waals surface area contributed by atoms with Gasteiger partial charge in [-0.2, -0.15) is 0 Å². The molecule has 0 aromatic carbocycles. The molecule has 0 amide bonds. The Morgan fingerprint density at radius 1 is 1.42 bits per heavy atom. The lowest BCUT2D eigenvalue weighted by atomic mass is 9.86. The molecule has 1 saturated heterocycles. The number of hydrogen-bond acceptors (Lipinski definition) is 3. The number of aromatic nitrogens is 2. The summed E-state index contributed by atoms with van der Waals surface area (Å²) in [5.41, 5.74) is 0.216. The van der Waals surface area contributed by atoms with Crippen molar-refractivity contribution >= 4 is 22.5 Å². The van der Waals surface area contributed by atoms with Gasteiger partial charge in [-0.15, -0.1) is 6.58 Å². The predicted octanol–water partition coefficient (Wildman–Crippen LogP) is 4.49. The van der Waals surface area contributed by atoms with Crippen LogP contribution in [0.15, 0.2) is 31.1 Å². The van der Waals surface area contributed by atoms with Crippen LogP contribution in [-0.2, 0) is 9.47 Å². The van der Waals surface area contributed by atoms with Crippen LogP contribution in [0.25, 0.3) is 10.9 Å². The normalized spacial score (nSPS) is 34.6. The molecule has 2 aliphatic rings. The summed E-state index contributed by atoms with van der Waals surface area (Å²) < 4.78 is 28.7. The third kappa shape index (κ3) is 2.15. The van der Waals surface area contributed by atoms with E-state index in [2.05, 4.69) is 18.5 Å². The first-order valence-electron chi connectivity index (χ1n) is 8.05. The average molecular weight is 351 g/mol. The van der Waals surface area contributed by atoms with Gasteiger partial charge < -0.3 is 14.0 Å². The van der Waals surface area contributed by atoms with E-state index in [4.69, 9.17) is 21.1 Å². The molecule has 1 aliphatic carbocycles. The van der Waals surface area contributed by atoms with Crippen LogP contribution in [-0.4, -0.2) is 27.5 Å². The van der Waals surface area contributed by atoms with Crippen LogP contribution in [0.4, 0.5) is 4.39 Å². The van der Waals surface area contributed by atoms with Gasteiger partial charge in [0.25, 0.3) is 0 Å². The van der Waals surface area contributed by atoms with Gasteiger partial charge in [0, 0.05) is 17.0 Å². The van der Waals surface area contributed by atoms with Crippen molar-refractivity contribution in [1.29, 1.82) is 0 Å². The van der Waals surface area contributed by atoms with Gasteiger partial charge in [0.15, 0.2) is 11.6 Å². The molecule has 1 aliphatic heterocycles. The summed E-state index contributed by atoms with van der Waals surface area (Å²) in [7, 11) is 0.